The molecule has 0 bridgehead atoms. The van der Waals surface area contributed by atoms with Crippen molar-refractivity contribution in [3.63, 3.8) is 0 Å². The molecule has 1 heterocycles. The molecule has 1 N–H and O–H groups in total. The Balaban J connectivity index is 0.00000196. The molecule has 1 aliphatic rings. The molecule has 92 valence electrons. The van der Waals surface area contributed by atoms with Crippen molar-refractivity contribution in [3.8, 4) is 0 Å². The fourth-order valence-corrected chi connectivity index (χ4v) is 1.96. The van der Waals surface area contributed by atoms with E-state index >= 15 is 0 Å². The van der Waals surface area contributed by atoms with E-state index in [1.165, 1.54) is 0 Å². The van der Waals surface area contributed by atoms with Crippen LogP contribution in [-0.4, -0.2) is 44.0 Å². The van der Waals surface area contributed by atoms with E-state index < -0.39 is 6.43 Å². The molecule has 1 rings (SSSR count). The van der Waals surface area contributed by atoms with Gasteiger partial charge in [-0.1, -0.05) is 6.92 Å². The lowest BCUT2D eigenvalue weighted by Gasteiger charge is -2.29. The molecule has 0 saturated carbocycles. The summed E-state index contributed by atoms with van der Waals surface area (Å²) in [6.07, 6.45) is 0.0519. The summed E-state index contributed by atoms with van der Waals surface area (Å²) in [4.78, 5) is 1.86. The molecule has 0 spiro atoms. The Kier molecular flexibility index (Phi) is 8.29. The summed E-state index contributed by atoms with van der Waals surface area (Å²) < 4.78 is 24.3. The summed E-state index contributed by atoms with van der Waals surface area (Å²) in [6.45, 7) is 5.52. The highest BCUT2D eigenvalue weighted by molar-refractivity contribution is 5.85. The number of alkyl halides is 2. The van der Waals surface area contributed by atoms with Crippen LogP contribution in [0.3, 0.4) is 0 Å². The zero-order valence-electron chi connectivity index (χ0n) is 9.22. The summed E-state index contributed by atoms with van der Waals surface area (Å²) in [6, 6.07) is 0. The van der Waals surface area contributed by atoms with E-state index in [2.05, 4.69) is 5.32 Å². The molecule has 0 aliphatic carbocycles. The summed E-state index contributed by atoms with van der Waals surface area (Å²) in [7, 11) is 0. The van der Waals surface area contributed by atoms with Crippen LogP contribution >= 0.6 is 12.4 Å². The van der Waals surface area contributed by atoms with Crippen molar-refractivity contribution in [3.05, 3.63) is 0 Å². The number of hydrogen-bond acceptors (Lipinski definition) is 2. The highest BCUT2D eigenvalue weighted by Crippen LogP contribution is 2.13. The maximum Gasteiger partial charge on any atom is 0.251 e. The van der Waals surface area contributed by atoms with Gasteiger partial charge in [-0.2, -0.15) is 0 Å². The van der Waals surface area contributed by atoms with Crippen molar-refractivity contribution >= 4 is 12.4 Å². The second-order valence-electron chi connectivity index (χ2n) is 3.94. The van der Waals surface area contributed by atoms with E-state index in [4.69, 9.17) is 0 Å². The summed E-state index contributed by atoms with van der Waals surface area (Å²) in [5.41, 5.74) is 0. The van der Waals surface area contributed by atoms with Crippen LogP contribution in [0, 0.1) is 5.92 Å². The summed E-state index contributed by atoms with van der Waals surface area (Å²) in [5, 5.41) is 3.28. The first kappa shape index (κ1) is 15.1. The monoisotopic (exact) mass is 242 g/mol. The van der Waals surface area contributed by atoms with Crippen LogP contribution in [-0.2, 0) is 0 Å². The molecule has 0 amide bonds. The van der Waals surface area contributed by atoms with Crippen molar-refractivity contribution < 1.29 is 8.78 Å². The fraction of sp³-hybridized carbons (Fsp3) is 1.00. The molecule has 0 aromatic rings. The highest BCUT2D eigenvalue weighted by atomic mass is 35.5. The second-order valence-corrected chi connectivity index (χ2v) is 3.94. The first-order valence-electron chi connectivity index (χ1n) is 5.43. The zero-order valence-corrected chi connectivity index (χ0v) is 10.0. The molecular weight excluding hydrogens is 222 g/mol. The lowest BCUT2D eigenvalue weighted by molar-refractivity contribution is 0.0795. The van der Waals surface area contributed by atoms with Crippen LogP contribution in [0.15, 0.2) is 0 Å². The third-order valence-corrected chi connectivity index (χ3v) is 2.82. The lowest BCUT2D eigenvalue weighted by Crippen LogP contribution is -2.38. The number of hydrogen-bond donors (Lipinski definition) is 1. The highest BCUT2D eigenvalue weighted by Gasteiger charge is 2.18. The summed E-state index contributed by atoms with van der Waals surface area (Å²) >= 11 is 0. The molecule has 0 aromatic heterocycles. The molecule has 0 aromatic carbocycles. The molecule has 2 nitrogen and oxygen atoms in total. The van der Waals surface area contributed by atoms with Gasteiger partial charge in [-0.25, -0.2) is 8.78 Å². The van der Waals surface area contributed by atoms with E-state index in [0.717, 1.165) is 39.0 Å². The van der Waals surface area contributed by atoms with Gasteiger partial charge in [-0.05, 0) is 38.4 Å². The van der Waals surface area contributed by atoms with E-state index in [1.807, 2.05) is 11.8 Å². The molecule has 1 aliphatic heterocycles. The maximum atomic E-state index is 12.2. The van der Waals surface area contributed by atoms with E-state index in [0.29, 0.717) is 5.92 Å². The van der Waals surface area contributed by atoms with Gasteiger partial charge in [0, 0.05) is 6.54 Å². The van der Waals surface area contributed by atoms with Crippen molar-refractivity contribution in [2.75, 3.05) is 32.7 Å². The number of nitrogens with zero attached hydrogens (tertiary/aromatic N) is 1. The van der Waals surface area contributed by atoms with Crippen LogP contribution in [0.5, 0.6) is 0 Å². The normalized spacial score (nSPS) is 18.2. The van der Waals surface area contributed by atoms with Crippen LogP contribution in [0.2, 0.25) is 0 Å². The molecule has 1 saturated heterocycles. The van der Waals surface area contributed by atoms with Gasteiger partial charge in [-0.15, -0.1) is 12.4 Å². The topological polar surface area (TPSA) is 15.3 Å². The van der Waals surface area contributed by atoms with Gasteiger partial charge in [0.05, 0.1) is 6.54 Å². The van der Waals surface area contributed by atoms with Gasteiger partial charge in [0.15, 0.2) is 0 Å². The third kappa shape index (κ3) is 6.28. The third-order valence-electron chi connectivity index (χ3n) is 2.82. The van der Waals surface area contributed by atoms with Crippen LogP contribution in [0.4, 0.5) is 8.78 Å². The van der Waals surface area contributed by atoms with Crippen molar-refractivity contribution in [2.45, 2.75) is 26.2 Å². The average molecular weight is 243 g/mol. The van der Waals surface area contributed by atoms with Gasteiger partial charge < -0.3 is 5.32 Å². The molecule has 5 heteroatoms. The van der Waals surface area contributed by atoms with Crippen LogP contribution < -0.4 is 5.32 Å². The van der Waals surface area contributed by atoms with E-state index in [-0.39, 0.29) is 19.0 Å². The number of nitrogens with one attached hydrogen (secondary N) is 1. The van der Waals surface area contributed by atoms with Gasteiger partial charge in [0.25, 0.3) is 6.43 Å². The molecule has 0 radical (unpaired) electrons. The Morgan fingerprint density at radius 3 is 2.40 bits per heavy atom. The van der Waals surface area contributed by atoms with Crippen LogP contribution in [0.25, 0.3) is 0 Å². The minimum Gasteiger partial charge on any atom is -0.317 e. The van der Waals surface area contributed by atoms with Crippen molar-refractivity contribution in [1.82, 2.24) is 10.2 Å². The predicted octanol–water partition coefficient (Wildman–Crippen LogP) is 1.99. The Morgan fingerprint density at radius 1 is 1.33 bits per heavy atom. The Labute approximate surface area is 96.8 Å². The molecule has 0 unspecified atom stereocenters. The number of piperidine rings is 1. The Bertz CT molecular complexity index is 152. The van der Waals surface area contributed by atoms with Crippen LogP contribution in [0.1, 0.15) is 19.8 Å². The minimum atomic E-state index is -2.20. The molecule has 15 heavy (non-hydrogen) atoms. The second kappa shape index (κ2) is 8.25. The molecule has 0 atom stereocenters. The summed E-state index contributed by atoms with van der Waals surface area (Å²) in [5.74, 6) is 0.606. The SMILES string of the molecule is CCN(CC(F)F)CC1CCNCC1.Cl. The molecular formula is C10H21ClF2N2. The Hall–Kier alpha value is 0.0700. The standard InChI is InChI=1S/C10H20F2N2.ClH/c1-2-14(8-10(11)12)7-9-3-5-13-6-4-9;/h9-10,13H,2-8H2,1H3;1H. The predicted molar refractivity (Wildman–Crippen MR) is 61.0 cm³/mol. The largest absolute Gasteiger partial charge is 0.317 e. The van der Waals surface area contributed by atoms with Crippen molar-refractivity contribution in [1.29, 1.82) is 0 Å². The number of halogens is 3. The molecule has 1 fully saturated rings. The zero-order chi connectivity index (χ0) is 10.4. The first-order chi connectivity index (χ1) is 6.72. The van der Waals surface area contributed by atoms with E-state index in [9.17, 15) is 8.78 Å². The van der Waals surface area contributed by atoms with Gasteiger partial charge in [0.1, 0.15) is 0 Å². The lowest BCUT2D eigenvalue weighted by atomic mass is 9.97. The van der Waals surface area contributed by atoms with Crippen molar-refractivity contribution in [2.24, 2.45) is 5.92 Å². The first-order valence-corrected chi connectivity index (χ1v) is 5.43. The van der Waals surface area contributed by atoms with Gasteiger partial charge >= 0.3 is 0 Å². The van der Waals surface area contributed by atoms with E-state index in [1.54, 1.807) is 0 Å². The maximum absolute atomic E-state index is 12.2. The smallest absolute Gasteiger partial charge is 0.251 e. The number of rotatable bonds is 5. The fourth-order valence-electron chi connectivity index (χ4n) is 1.96. The quantitative estimate of drug-likeness (QED) is 0.793. The van der Waals surface area contributed by atoms with Gasteiger partial charge in [0.2, 0.25) is 0 Å². The Morgan fingerprint density at radius 2 is 1.93 bits per heavy atom. The van der Waals surface area contributed by atoms with Gasteiger partial charge in [-0.3, -0.25) is 4.90 Å². The minimum absolute atomic E-state index is 0. The average Bonchev–Trinajstić information content (AvgIpc) is 2.17.